The van der Waals surface area contributed by atoms with Gasteiger partial charge in [0, 0.05) is 18.8 Å². The molecular weight excluding hydrogens is 224 g/mol. The Bertz CT molecular complexity index is 519. The lowest BCUT2D eigenvalue weighted by Gasteiger charge is -2.16. The molecule has 3 heterocycles. The van der Waals surface area contributed by atoms with Crippen molar-refractivity contribution in [2.24, 2.45) is 0 Å². The van der Waals surface area contributed by atoms with E-state index in [9.17, 15) is 4.79 Å². The number of carbonyl (C=O) groups excluding carboxylic acids is 1. The van der Waals surface area contributed by atoms with Crippen LogP contribution in [0.15, 0.2) is 16.9 Å². The molecule has 0 bridgehead atoms. The summed E-state index contributed by atoms with van der Waals surface area (Å²) >= 11 is 0. The third-order valence-corrected chi connectivity index (χ3v) is 2.62. The van der Waals surface area contributed by atoms with Crippen molar-refractivity contribution in [1.29, 1.82) is 0 Å². The number of aromatic amines is 1. The van der Waals surface area contributed by atoms with Gasteiger partial charge in [-0.1, -0.05) is 5.16 Å². The lowest BCUT2D eigenvalue weighted by molar-refractivity contribution is -0.127. The van der Waals surface area contributed by atoms with Crippen molar-refractivity contribution in [1.82, 2.24) is 20.1 Å². The molecule has 1 unspecified atom stereocenters. The topological polar surface area (TPSA) is 93.9 Å². The van der Waals surface area contributed by atoms with Crippen LogP contribution in [0.3, 0.4) is 0 Å². The number of imidazole rings is 1. The molecule has 88 valence electrons. The highest BCUT2D eigenvalue weighted by molar-refractivity contribution is 5.85. The maximum atomic E-state index is 11.7. The molecule has 1 N–H and O–H groups in total. The second kappa shape index (κ2) is 4.10. The standard InChI is InChI=1S/C10H10N4O3/c15-7-1-4-16-5-6(7)10-13-9(14-17-10)8-11-2-3-12-8/h2-3,6H,1,4-5H2,(H,11,12). The second-order valence-corrected chi connectivity index (χ2v) is 3.74. The summed E-state index contributed by atoms with van der Waals surface area (Å²) in [6.45, 7) is 0.771. The van der Waals surface area contributed by atoms with Crippen molar-refractivity contribution >= 4 is 5.78 Å². The van der Waals surface area contributed by atoms with Crippen LogP contribution in [0.2, 0.25) is 0 Å². The van der Waals surface area contributed by atoms with Gasteiger partial charge in [0.2, 0.25) is 11.7 Å². The highest BCUT2D eigenvalue weighted by Gasteiger charge is 2.30. The zero-order chi connectivity index (χ0) is 11.7. The number of hydrogen-bond acceptors (Lipinski definition) is 6. The lowest BCUT2D eigenvalue weighted by Crippen LogP contribution is -2.25. The molecule has 0 aliphatic carbocycles. The number of ketones is 1. The Labute approximate surface area is 96.2 Å². The van der Waals surface area contributed by atoms with Crippen LogP contribution in [0.1, 0.15) is 18.2 Å². The molecule has 1 aliphatic heterocycles. The van der Waals surface area contributed by atoms with E-state index in [0.29, 0.717) is 37.2 Å². The summed E-state index contributed by atoms with van der Waals surface area (Å²) in [6, 6.07) is 0. The zero-order valence-corrected chi connectivity index (χ0v) is 8.92. The summed E-state index contributed by atoms with van der Waals surface area (Å²) in [4.78, 5) is 22.7. The number of rotatable bonds is 2. The molecule has 1 saturated heterocycles. The van der Waals surface area contributed by atoms with Crippen LogP contribution in [0.5, 0.6) is 0 Å². The Balaban J connectivity index is 1.87. The van der Waals surface area contributed by atoms with E-state index < -0.39 is 5.92 Å². The number of Topliss-reactive ketones (excluding diaryl/α,β-unsaturated/α-hetero) is 1. The molecule has 0 spiro atoms. The van der Waals surface area contributed by atoms with Crippen molar-refractivity contribution in [2.45, 2.75) is 12.3 Å². The normalized spacial score (nSPS) is 20.7. The predicted octanol–water partition coefficient (Wildman–Crippen LogP) is 0.533. The average molecular weight is 234 g/mol. The largest absolute Gasteiger partial charge is 0.380 e. The first-order valence-electron chi connectivity index (χ1n) is 5.28. The molecule has 0 saturated carbocycles. The van der Waals surface area contributed by atoms with E-state index in [1.807, 2.05) is 0 Å². The van der Waals surface area contributed by atoms with E-state index in [2.05, 4.69) is 20.1 Å². The number of H-pyrrole nitrogens is 1. The lowest BCUT2D eigenvalue weighted by atomic mass is 10.0. The van der Waals surface area contributed by atoms with E-state index in [-0.39, 0.29) is 5.78 Å². The van der Waals surface area contributed by atoms with Crippen LogP contribution in [-0.2, 0) is 9.53 Å². The Hall–Kier alpha value is -2.02. The number of ether oxygens (including phenoxy) is 1. The molecule has 1 fully saturated rings. The van der Waals surface area contributed by atoms with Gasteiger partial charge < -0.3 is 14.2 Å². The molecule has 2 aromatic heterocycles. The summed E-state index contributed by atoms with van der Waals surface area (Å²) < 4.78 is 10.3. The van der Waals surface area contributed by atoms with Crippen LogP contribution in [0.25, 0.3) is 11.6 Å². The first-order chi connectivity index (χ1) is 8.34. The van der Waals surface area contributed by atoms with Crippen LogP contribution in [0.4, 0.5) is 0 Å². The summed E-state index contributed by atoms with van der Waals surface area (Å²) in [5.41, 5.74) is 0. The minimum absolute atomic E-state index is 0.0749. The first-order valence-corrected chi connectivity index (χ1v) is 5.28. The van der Waals surface area contributed by atoms with Gasteiger partial charge in [-0.2, -0.15) is 4.98 Å². The first kappa shape index (κ1) is 10.2. The Morgan fingerprint density at radius 3 is 3.18 bits per heavy atom. The van der Waals surface area contributed by atoms with Crippen molar-refractivity contribution in [3.63, 3.8) is 0 Å². The molecule has 1 atom stereocenters. The molecule has 2 aromatic rings. The summed E-state index contributed by atoms with van der Waals surface area (Å²) in [5.74, 6) is 0.791. The number of nitrogens with zero attached hydrogens (tertiary/aromatic N) is 3. The van der Waals surface area contributed by atoms with E-state index in [4.69, 9.17) is 9.26 Å². The van der Waals surface area contributed by atoms with E-state index in [0.717, 1.165) is 0 Å². The summed E-state index contributed by atoms with van der Waals surface area (Å²) in [6.07, 6.45) is 3.66. The third kappa shape index (κ3) is 1.84. The minimum atomic E-state index is -0.444. The molecule has 1 aliphatic rings. The Kier molecular flexibility index (Phi) is 2.45. The molecule has 7 nitrogen and oxygen atoms in total. The highest BCUT2D eigenvalue weighted by atomic mass is 16.5. The zero-order valence-electron chi connectivity index (χ0n) is 8.92. The van der Waals surface area contributed by atoms with Crippen molar-refractivity contribution in [3.05, 3.63) is 18.3 Å². The molecule has 0 aromatic carbocycles. The van der Waals surface area contributed by atoms with Crippen LogP contribution >= 0.6 is 0 Å². The SMILES string of the molecule is O=C1CCOCC1c1nc(-c2ncc[nH]2)no1. The number of nitrogens with one attached hydrogen (secondary N) is 1. The molecule has 0 amide bonds. The smallest absolute Gasteiger partial charge is 0.240 e. The molecular formula is C10H10N4O3. The fourth-order valence-corrected chi connectivity index (χ4v) is 1.71. The highest BCUT2D eigenvalue weighted by Crippen LogP contribution is 2.22. The van der Waals surface area contributed by atoms with Gasteiger partial charge in [-0.15, -0.1) is 0 Å². The third-order valence-electron chi connectivity index (χ3n) is 2.62. The molecule has 7 heteroatoms. The van der Waals surface area contributed by atoms with E-state index >= 15 is 0 Å². The van der Waals surface area contributed by atoms with Gasteiger partial charge in [-0.3, -0.25) is 4.79 Å². The fourth-order valence-electron chi connectivity index (χ4n) is 1.71. The number of carbonyl (C=O) groups is 1. The van der Waals surface area contributed by atoms with Gasteiger partial charge in [0.05, 0.1) is 13.2 Å². The molecule has 3 rings (SSSR count). The van der Waals surface area contributed by atoms with Crippen molar-refractivity contribution in [3.8, 4) is 11.6 Å². The van der Waals surface area contributed by atoms with Gasteiger partial charge in [-0.25, -0.2) is 4.98 Å². The second-order valence-electron chi connectivity index (χ2n) is 3.74. The average Bonchev–Trinajstić information content (AvgIpc) is 3.00. The Morgan fingerprint density at radius 2 is 2.41 bits per heavy atom. The van der Waals surface area contributed by atoms with Crippen LogP contribution in [0, 0.1) is 0 Å². The number of aromatic nitrogens is 4. The van der Waals surface area contributed by atoms with E-state index in [1.165, 1.54) is 0 Å². The van der Waals surface area contributed by atoms with Gasteiger partial charge >= 0.3 is 0 Å². The van der Waals surface area contributed by atoms with Gasteiger partial charge in [-0.05, 0) is 0 Å². The van der Waals surface area contributed by atoms with Gasteiger partial charge in [0.15, 0.2) is 5.82 Å². The van der Waals surface area contributed by atoms with Crippen LogP contribution < -0.4 is 0 Å². The minimum Gasteiger partial charge on any atom is -0.380 e. The Morgan fingerprint density at radius 1 is 1.47 bits per heavy atom. The quantitative estimate of drug-likeness (QED) is 0.814. The fraction of sp³-hybridized carbons (Fsp3) is 0.400. The van der Waals surface area contributed by atoms with Gasteiger partial charge in [0.25, 0.3) is 0 Å². The summed E-state index contributed by atoms with van der Waals surface area (Å²) in [5, 5.41) is 3.78. The number of hydrogen-bond donors (Lipinski definition) is 1. The van der Waals surface area contributed by atoms with Gasteiger partial charge in [0.1, 0.15) is 11.7 Å². The molecule has 17 heavy (non-hydrogen) atoms. The molecule has 0 radical (unpaired) electrons. The monoisotopic (exact) mass is 234 g/mol. The predicted molar refractivity (Wildman–Crippen MR) is 55.1 cm³/mol. The van der Waals surface area contributed by atoms with Crippen molar-refractivity contribution in [2.75, 3.05) is 13.2 Å². The van der Waals surface area contributed by atoms with Crippen LogP contribution in [-0.4, -0.2) is 39.1 Å². The maximum Gasteiger partial charge on any atom is 0.240 e. The maximum absolute atomic E-state index is 11.7. The van der Waals surface area contributed by atoms with E-state index in [1.54, 1.807) is 12.4 Å². The van der Waals surface area contributed by atoms with Crippen molar-refractivity contribution < 1.29 is 14.1 Å². The summed E-state index contributed by atoms with van der Waals surface area (Å²) in [7, 11) is 0.